The topological polar surface area (TPSA) is 35.2 Å². The number of methoxy groups -OCH3 is 1. The molecule has 1 saturated heterocycles. The van der Waals surface area contributed by atoms with Crippen molar-refractivity contribution >= 4 is 11.8 Å². The Morgan fingerprint density at radius 1 is 1.44 bits per heavy atom. The Morgan fingerprint density at radius 2 is 2.17 bits per heavy atom. The van der Waals surface area contributed by atoms with Crippen LogP contribution >= 0.6 is 11.8 Å². The average molecular weight is 269 g/mol. The Kier molecular flexibility index (Phi) is 4.89. The number of thioether (sulfide) groups is 1. The molecule has 0 radical (unpaired) electrons. The highest BCUT2D eigenvalue weighted by molar-refractivity contribution is 7.99. The summed E-state index contributed by atoms with van der Waals surface area (Å²) in [5, 5.41) is 0. The zero-order valence-corrected chi connectivity index (χ0v) is 11.5. The third kappa shape index (κ3) is 3.39. The van der Waals surface area contributed by atoms with E-state index >= 15 is 0 Å². The van der Waals surface area contributed by atoms with Crippen LogP contribution in [-0.4, -0.2) is 18.6 Å². The van der Waals surface area contributed by atoms with E-state index in [1.54, 1.807) is 13.2 Å². The van der Waals surface area contributed by atoms with Crippen molar-refractivity contribution in [2.45, 2.75) is 25.3 Å². The Bertz CT molecular complexity index is 393. The van der Waals surface area contributed by atoms with Crippen LogP contribution in [0.2, 0.25) is 0 Å². The highest BCUT2D eigenvalue weighted by Crippen LogP contribution is 2.33. The van der Waals surface area contributed by atoms with Gasteiger partial charge in [0.2, 0.25) is 0 Å². The minimum absolute atomic E-state index is 0.135. The highest BCUT2D eigenvalue weighted by atomic mass is 32.2. The van der Waals surface area contributed by atoms with Crippen LogP contribution in [-0.2, 0) is 0 Å². The minimum Gasteiger partial charge on any atom is -0.496 e. The molecule has 4 heteroatoms. The number of halogens is 1. The maximum Gasteiger partial charge on any atom is 0.123 e. The van der Waals surface area contributed by atoms with Gasteiger partial charge in [-0.15, -0.1) is 0 Å². The summed E-state index contributed by atoms with van der Waals surface area (Å²) in [5.74, 6) is 3.54. The van der Waals surface area contributed by atoms with E-state index in [0.717, 1.165) is 12.0 Å². The lowest BCUT2D eigenvalue weighted by Gasteiger charge is -2.25. The SMILES string of the molecule is COc1ccc(F)cc1C(N)CC1CCSCC1. The normalized spacial score (nSPS) is 18.6. The van der Waals surface area contributed by atoms with E-state index < -0.39 is 0 Å². The van der Waals surface area contributed by atoms with Gasteiger partial charge in [-0.25, -0.2) is 4.39 Å². The van der Waals surface area contributed by atoms with Crippen LogP contribution < -0.4 is 10.5 Å². The molecule has 2 N–H and O–H groups in total. The number of hydrogen-bond donors (Lipinski definition) is 1. The van der Waals surface area contributed by atoms with Gasteiger partial charge in [0.05, 0.1) is 7.11 Å². The van der Waals surface area contributed by atoms with E-state index in [9.17, 15) is 4.39 Å². The van der Waals surface area contributed by atoms with E-state index in [2.05, 4.69) is 0 Å². The average Bonchev–Trinajstić information content (AvgIpc) is 2.40. The molecule has 1 aliphatic heterocycles. The third-order valence-corrected chi connectivity index (χ3v) is 4.57. The van der Waals surface area contributed by atoms with Crippen molar-refractivity contribution in [2.75, 3.05) is 18.6 Å². The van der Waals surface area contributed by atoms with Crippen LogP contribution in [0.15, 0.2) is 18.2 Å². The second-order valence-electron chi connectivity index (χ2n) is 4.78. The van der Waals surface area contributed by atoms with Crippen LogP contribution in [0, 0.1) is 11.7 Å². The summed E-state index contributed by atoms with van der Waals surface area (Å²) in [6, 6.07) is 4.43. The number of ether oxygens (including phenoxy) is 1. The highest BCUT2D eigenvalue weighted by Gasteiger charge is 2.20. The molecule has 0 bridgehead atoms. The Morgan fingerprint density at radius 3 is 2.83 bits per heavy atom. The molecule has 1 heterocycles. The van der Waals surface area contributed by atoms with Gasteiger partial charge in [0, 0.05) is 11.6 Å². The van der Waals surface area contributed by atoms with Gasteiger partial charge in [-0.05, 0) is 54.9 Å². The maximum absolute atomic E-state index is 13.3. The van der Waals surface area contributed by atoms with Gasteiger partial charge >= 0.3 is 0 Å². The van der Waals surface area contributed by atoms with Crippen LogP contribution in [0.3, 0.4) is 0 Å². The monoisotopic (exact) mass is 269 g/mol. The molecule has 2 rings (SSSR count). The van der Waals surface area contributed by atoms with Crippen LogP contribution in [0.25, 0.3) is 0 Å². The smallest absolute Gasteiger partial charge is 0.123 e. The van der Waals surface area contributed by atoms with Crippen molar-refractivity contribution < 1.29 is 9.13 Å². The fraction of sp³-hybridized carbons (Fsp3) is 0.571. The van der Waals surface area contributed by atoms with Crippen molar-refractivity contribution in [3.63, 3.8) is 0 Å². The van der Waals surface area contributed by atoms with Crippen molar-refractivity contribution in [3.05, 3.63) is 29.6 Å². The molecular formula is C14H20FNOS. The van der Waals surface area contributed by atoms with E-state index in [-0.39, 0.29) is 11.9 Å². The van der Waals surface area contributed by atoms with Gasteiger partial charge in [-0.1, -0.05) is 0 Å². The summed E-state index contributed by atoms with van der Waals surface area (Å²) >= 11 is 2.01. The summed E-state index contributed by atoms with van der Waals surface area (Å²) in [7, 11) is 1.60. The molecule has 18 heavy (non-hydrogen) atoms. The number of nitrogens with two attached hydrogens (primary N) is 1. The summed E-state index contributed by atoms with van der Waals surface area (Å²) in [6.07, 6.45) is 3.35. The van der Waals surface area contributed by atoms with Crippen molar-refractivity contribution in [1.29, 1.82) is 0 Å². The summed E-state index contributed by atoms with van der Waals surface area (Å²) < 4.78 is 18.6. The van der Waals surface area contributed by atoms with Gasteiger partial charge in [0.25, 0.3) is 0 Å². The molecule has 1 fully saturated rings. The summed E-state index contributed by atoms with van der Waals surface area (Å²) in [6.45, 7) is 0. The molecule has 0 amide bonds. The lowest BCUT2D eigenvalue weighted by molar-refractivity contribution is 0.381. The quantitative estimate of drug-likeness (QED) is 0.910. The summed E-state index contributed by atoms with van der Waals surface area (Å²) in [5.41, 5.74) is 7.01. The second-order valence-corrected chi connectivity index (χ2v) is 6.01. The fourth-order valence-electron chi connectivity index (χ4n) is 2.46. The zero-order valence-electron chi connectivity index (χ0n) is 10.7. The first-order valence-corrected chi connectivity index (χ1v) is 7.53. The lowest BCUT2D eigenvalue weighted by Crippen LogP contribution is -2.19. The molecule has 2 nitrogen and oxygen atoms in total. The molecule has 0 spiro atoms. The van der Waals surface area contributed by atoms with Crippen molar-refractivity contribution in [1.82, 2.24) is 0 Å². The molecule has 1 aromatic carbocycles. The van der Waals surface area contributed by atoms with Crippen LogP contribution in [0.4, 0.5) is 4.39 Å². The van der Waals surface area contributed by atoms with Gasteiger partial charge in [-0.2, -0.15) is 11.8 Å². The van der Waals surface area contributed by atoms with Crippen molar-refractivity contribution in [2.24, 2.45) is 11.7 Å². The largest absolute Gasteiger partial charge is 0.496 e. The summed E-state index contributed by atoms with van der Waals surface area (Å²) in [4.78, 5) is 0. The molecule has 1 atom stereocenters. The number of benzene rings is 1. The fourth-order valence-corrected chi connectivity index (χ4v) is 3.67. The molecule has 1 aliphatic rings. The van der Waals surface area contributed by atoms with E-state index in [0.29, 0.717) is 11.7 Å². The Balaban J connectivity index is 2.07. The molecule has 1 aromatic rings. The molecule has 0 aromatic heterocycles. The van der Waals surface area contributed by atoms with Gasteiger partial charge in [0.15, 0.2) is 0 Å². The van der Waals surface area contributed by atoms with Gasteiger partial charge in [-0.3, -0.25) is 0 Å². The second kappa shape index (κ2) is 6.43. The number of rotatable bonds is 4. The molecule has 0 saturated carbocycles. The predicted octanol–water partition coefficient (Wildman–Crippen LogP) is 3.37. The van der Waals surface area contributed by atoms with Crippen molar-refractivity contribution in [3.8, 4) is 5.75 Å². The Labute approximate surface area is 112 Å². The van der Waals surface area contributed by atoms with Crippen LogP contribution in [0.1, 0.15) is 30.9 Å². The van der Waals surface area contributed by atoms with E-state index in [1.807, 2.05) is 11.8 Å². The third-order valence-electron chi connectivity index (χ3n) is 3.52. The zero-order chi connectivity index (χ0) is 13.0. The van der Waals surface area contributed by atoms with Gasteiger partial charge in [0.1, 0.15) is 11.6 Å². The van der Waals surface area contributed by atoms with Gasteiger partial charge < -0.3 is 10.5 Å². The maximum atomic E-state index is 13.3. The minimum atomic E-state index is -0.250. The molecular weight excluding hydrogens is 249 g/mol. The van der Waals surface area contributed by atoms with E-state index in [4.69, 9.17) is 10.5 Å². The standard InChI is InChI=1S/C14H20FNOS/c1-17-14-3-2-11(15)9-12(14)13(16)8-10-4-6-18-7-5-10/h2-3,9-10,13H,4-8,16H2,1H3. The van der Waals surface area contributed by atoms with E-state index in [1.165, 1.54) is 36.5 Å². The first-order chi connectivity index (χ1) is 8.70. The van der Waals surface area contributed by atoms with Crippen LogP contribution in [0.5, 0.6) is 5.75 Å². The molecule has 100 valence electrons. The lowest BCUT2D eigenvalue weighted by atomic mass is 9.91. The predicted molar refractivity (Wildman–Crippen MR) is 74.5 cm³/mol. The first kappa shape index (κ1) is 13.7. The molecule has 1 unspecified atom stereocenters. The Hall–Kier alpha value is -0.740. The molecule has 0 aliphatic carbocycles. The first-order valence-electron chi connectivity index (χ1n) is 6.37. The number of hydrogen-bond acceptors (Lipinski definition) is 3.